The fraction of sp³-hybridized carbons (Fsp3) is 0.462. The molecule has 5 nitrogen and oxygen atoms in total. The highest BCUT2D eigenvalue weighted by atomic mass is 32.2. The molecule has 0 aromatic heterocycles. The number of nitrogens with zero attached hydrogens (tertiary/aromatic N) is 1. The molecule has 1 aromatic rings. The van der Waals surface area contributed by atoms with E-state index in [9.17, 15) is 8.42 Å². The lowest BCUT2D eigenvalue weighted by Gasteiger charge is -2.09. The van der Waals surface area contributed by atoms with E-state index in [0.717, 1.165) is 0 Å². The van der Waals surface area contributed by atoms with Crippen molar-refractivity contribution in [1.29, 1.82) is 5.26 Å². The Morgan fingerprint density at radius 1 is 1.37 bits per heavy atom. The first-order valence-corrected chi connectivity index (χ1v) is 7.52. The second-order valence-corrected chi connectivity index (χ2v) is 6.21. The third-order valence-corrected chi connectivity index (χ3v) is 3.81. The molecule has 0 unspecified atom stereocenters. The highest BCUT2D eigenvalue weighted by Gasteiger charge is 2.17. The molecule has 0 amide bonds. The lowest BCUT2D eigenvalue weighted by Crippen LogP contribution is -2.28. The van der Waals surface area contributed by atoms with Crippen LogP contribution >= 0.6 is 0 Å². The van der Waals surface area contributed by atoms with Gasteiger partial charge in [-0.25, -0.2) is 13.1 Å². The molecule has 0 heterocycles. The van der Waals surface area contributed by atoms with Gasteiger partial charge in [0.25, 0.3) is 0 Å². The lowest BCUT2D eigenvalue weighted by molar-refractivity contribution is 0.114. The molecule has 104 valence electrons. The van der Waals surface area contributed by atoms with Gasteiger partial charge in [-0.05, 0) is 18.1 Å². The van der Waals surface area contributed by atoms with E-state index in [4.69, 9.17) is 10.00 Å². The van der Waals surface area contributed by atoms with Crippen LogP contribution in [0.15, 0.2) is 29.2 Å². The highest BCUT2D eigenvalue weighted by molar-refractivity contribution is 7.89. The number of nitriles is 1. The van der Waals surface area contributed by atoms with Crippen molar-refractivity contribution in [3.05, 3.63) is 29.8 Å². The number of hydrogen-bond acceptors (Lipinski definition) is 4. The van der Waals surface area contributed by atoms with Crippen molar-refractivity contribution in [3.8, 4) is 6.07 Å². The summed E-state index contributed by atoms with van der Waals surface area (Å²) in [4.78, 5) is 0.00126. The summed E-state index contributed by atoms with van der Waals surface area (Å²) in [7, 11) is -3.66. The summed E-state index contributed by atoms with van der Waals surface area (Å²) in [5, 5.41) is 8.89. The molecule has 0 aliphatic heterocycles. The van der Waals surface area contributed by atoms with E-state index in [2.05, 4.69) is 4.72 Å². The molecule has 0 saturated carbocycles. The number of sulfonamides is 1. The zero-order chi connectivity index (χ0) is 14.3. The first-order valence-electron chi connectivity index (χ1n) is 6.04. The predicted octanol–water partition coefficient (Wildman–Crippen LogP) is 1.51. The van der Waals surface area contributed by atoms with Gasteiger partial charge in [-0.3, -0.25) is 0 Å². The fourth-order valence-electron chi connectivity index (χ4n) is 1.44. The third kappa shape index (κ3) is 4.99. The Bertz CT molecular complexity index is 547. The van der Waals surface area contributed by atoms with Crippen LogP contribution < -0.4 is 4.72 Å². The highest BCUT2D eigenvalue weighted by Crippen LogP contribution is 2.13. The van der Waals surface area contributed by atoms with Crippen LogP contribution in [0.2, 0.25) is 0 Å². The second-order valence-electron chi connectivity index (χ2n) is 4.47. The Morgan fingerprint density at radius 3 is 2.68 bits per heavy atom. The molecule has 1 aromatic carbocycles. The van der Waals surface area contributed by atoms with Crippen molar-refractivity contribution < 1.29 is 13.2 Å². The van der Waals surface area contributed by atoms with Crippen LogP contribution in [0.5, 0.6) is 0 Å². The van der Waals surface area contributed by atoms with Crippen molar-refractivity contribution in [1.82, 2.24) is 4.72 Å². The van der Waals surface area contributed by atoms with Crippen molar-refractivity contribution in [3.63, 3.8) is 0 Å². The van der Waals surface area contributed by atoms with Gasteiger partial charge in [-0.15, -0.1) is 0 Å². The van der Waals surface area contributed by atoms with E-state index >= 15 is 0 Å². The van der Waals surface area contributed by atoms with Crippen LogP contribution in [-0.2, 0) is 14.8 Å². The SMILES string of the molecule is CC(C)COCCNS(=O)(=O)c1ccccc1C#N. The predicted molar refractivity (Wildman–Crippen MR) is 72.0 cm³/mol. The number of nitrogens with one attached hydrogen (secondary N) is 1. The molecule has 1 rings (SSSR count). The van der Waals surface area contributed by atoms with Crippen molar-refractivity contribution in [2.24, 2.45) is 5.92 Å². The molecule has 0 bridgehead atoms. The van der Waals surface area contributed by atoms with E-state index in [1.165, 1.54) is 12.1 Å². The summed E-state index contributed by atoms with van der Waals surface area (Å²) in [6.07, 6.45) is 0. The Morgan fingerprint density at radius 2 is 2.05 bits per heavy atom. The lowest BCUT2D eigenvalue weighted by atomic mass is 10.2. The number of benzene rings is 1. The molecule has 0 aliphatic carbocycles. The summed E-state index contributed by atoms with van der Waals surface area (Å²) in [6.45, 7) is 5.14. The summed E-state index contributed by atoms with van der Waals surface area (Å²) >= 11 is 0. The average molecular weight is 282 g/mol. The molecular weight excluding hydrogens is 264 g/mol. The van der Waals surface area contributed by atoms with Crippen LogP contribution in [0.1, 0.15) is 19.4 Å². The summed E-state index contributed by atoms with van der Waals surface area (Å²) in [5.74, 6) is 0.413. The molecule has 0 fully saturated rings. The monoisotopic (exact) mass is 282 g/mol. The van der Waals surface area contributed by atoms with Gasteiger partial charge in [0.15, 0.2) is 0 Å². The van der Waals surface area contributed by atoms with Crippen LogP contribution in [0.3, 0.4) is 0 Å². The van der Waals surface area contributed by atoms with Gasteiger partial charge >= 0.3 is 0 Å². The third-order valence-electron chi connectivity index (χ3n) is 2.29. The van der Waals surface area contributed by atoms with Gasteiger partial charge in [0.1, 0.15) is 6.07 Å². The van der Waals surface area contributed by atoms with Gasteiger partial charge in [0, 0.05) is 13.2 Å². The van der Waals surface area contributed by atoms with E-state index in [-0.39, 0.29) is 17.0 Å². The zero-order valence-corrected chi connectivity index (χ0v) is 11.9. The number of hydrogen-bond donors (Lipinski definition) is 1. The molecule has 1 N–H and O–H groups in total. The van der Waals surface area contributed by atoms with E-state index in [1.807, 2.05) is 19.9 Å². The zero-order valence-electron chi connectivity index (χ0n) is 11.1. The smallest absolute Gasteiger partial charge is 0.241 e. The maximum absolute atomic E-state index is 12.0. The van der Waals surface area contributed by atoms with Crippen LogP contribution in [-0.4, -0.2) is 28.2 Å². The second kappa shape index (κ2) is 7.24. The van der Waals surface area contributed by atoms with Gasteiger partial charge in [0.2, 0.25) is 10.0 Å². The van der Waals surface area contributed by atoms with Crippen molar-refractivity contribution in [2.75, 3.05) is 19.8 Å². The fourth-order valence-corrected chi connectivity index (χ4v) is 2.61. The number of rotatable bonds is 7. The van der Waals surface area contributed by atoms with Crippen LogP contribution in [0, 0.1) is 17.2 Å². The Hall–Kier alpha value is -1.42. The summed E-state index contributed by atoms with van der Waals surface area (Å²) in [6, 6.07) is 7.97. The number of ether oxygens (including phenoxy) is 1. The Labute approximate surface area is 114 Å². The molecule has 0 aliphatic rings. The van der Waals surface area contributed by atoms with Gasteiger partial charge in [0.05, 0.1) is 17.1 Å². The normalized spacial score (nSPS) is 11.5. The molecule has 0 spiro atoms. The Kier molecular flexibility index (Phi) is 5.96. The molecule has 0 saturated heterocycles. The first-order chi connectivity index (χ1) is 8.97. The molecule has 0 radical (unpaired) electrons. The quantitative estimate of drug-likeness (QED) is 0.769. The van der Waals surface area contributed by atoms with E-state index in [1.54, 1.807) is 12.1 Å². The molecule has 6 heteroatoms. The largest absolute Gasteiger partial charge is 0.380 e. The minimum Gasteiger partial charge on any atom is -0.380 e. The topological polar surface area (TPSA) is 79.2 Å². The minimum absolute atomic E-state index is 0.00126. The van der Waals surface area contributed by atoms with Crippen LogP contribution in [0.25, 0.3) is 0 Å². The standard InChI is InChI=1S/C13H18N2O3S/c1-11(2)10-18-8-7-15-19(16,17)13-6-4-3-5-12(13)9-14/h3-6,11,15H,7-8,10H2,1-2H3. The van der Waals surface area contributed by atoms with Gasteiger partial charge < -0.3 is 4.74 Å². The van der Waals surface area contributed by atoms with Gasteiger partial charge in [-0.1, -0.05) is 26.0 Å². The first kappa shape index (κ1) is 15.6. The Balaban J connectivity index is 2.60. The maximum atomic E-state index is 12.0. The van der Waals surface area contributed by atoms with Crippen molar-refractivity contribution in [2.45, 2.75) is 18.7 Å². The maximum Gasteiger partial charge on any atom is 0.241 e. The van der Waals surface area contributed by atoms with E-state index < -0.39 is 10.0 Å². The van der Waals surface area contributed by atoms with Gasteiger partial charge in [-0.2, -0.15) is 5.26 Å². The molecule has 19 heavy (non-hydrogen) atoms. The van der Waals surface area contributed by atoms with Crippen LogP contribution in [0.4, 0.5) is 0 Å². The summed E-state index contributed by atoms with van der Waals surface area (Å²) in [5.41, 5.74) is 0.137. The molecular formula is C13H18N2O3S. The molecule has 0 atom stereocenters. The minimum atomic E-state index is -3.66. The summed E-state index contributed by atoms with van der Waals surface area (Å²) < 4.78 is 31.7. The van der Waals surface area contributed by atoms with Crippen molar-refractivity contribution >= 4 is 10.0 Å². The van der Waals surface area contributed by atoms with E-state index in [0.29, 0.717) is 19.1 Å². The average Bonchev–Trinajstić information content (AvgIpc) is 2.37.